The second-order valence-electron chi connectivity index (χ2n) is 3.43. The Bertz CT molecular complexity index is 409. The lowest BCUT2D eigenvalue weighted by Gasteiger charge is -2.07. The fourth-order valence-corrected chi connectivity index (χ4v) is 1.33. The molecule has 0 aliphatic heterocycles. The summed E-state index contributed by atoms with van der Waals surface area (Å²) in [5, 5.41) is 10.7. The lowest BCUT2D eigenvalue weighted by atomic mass is 10.2. The Balaban J connectivity index is 2.98. The van der Waals surface area contributed by atoms with Crippen molar-refractivity contribution in [3.63, 3.8) is 0 Å². The Morgan fingerprint density at radius 2 is 2.18 bits per heavy atom. The van der Waals surface area contributed by atoms with E-state index in [9.17, 15) is 14.5 Å². The number of benzene rings is 1. The second kappa shape index (κ2) is 6.15. The van der Waals surface area contributed by atoms with Crippen molar-refractivity contribution < 1.29 is 18.8 Å². The van der Waals surface area contributed by atoms with Crippen LogP contribution in [0.25, 0.3) is 0 Å². The molecule has 0 atom stereocenters. The van der Waals surface area contributed by atoms with Gasteiger partial charge in [0.15, 0.2) is 5.75 Å². The molecule has 0 bridgehead atoms. The fourth-order valence-electron chi connectivity index (χ4n) is 1.33. The number of hydrogen-bond donors (Lipinski definition) is 0. The van der Waals surface area contributed by atoms with Gasteiger partial charge in [-0.1, -0.05) is 6.92 Å². The molecule has 6 heteroatoms. The van der Waals surface area contributed by atoms with Crippen LogP contribution in [0, 0.1) is 15.9 Å². The van der Waals surface area contributed by atoms with E-state index in [1.54, 1.807) is 0 Å². The van der Waals surface area contributed by atoms with E-state index in [1.165, 1.54) is 7.11 Å². The van der Waals surface area contributed by atoms with E-state index < -0.39 is 10.7 Å². The molecule has 0 radical (unpaired) electrons. The quantitative estimate of drug-likeness (QED) is 0.438. The smallest absolute Gasteiger partial charge is 0.311 e. The summed E-state index contributed by atoms with van der Waals surface area (Å²) in [6.07, 6.45) is 0.805. The minimum atomic E-state index is -0.610. The molecule has 0 spiro atoms. The molecule has 0 aliphatic carbocycles. The predicted molar refractivity (Wildman–Crippen MR) is 59.6 cm³/mol. The van der Waals surface area contributed by atoms with Crippen LogP contribution in [0.2, 0.25) is 0 Å². The Hall–Kier alpha value is -1.69. The van der Waals surface area contributed by atoms with Crippen molar-refractivity contribution in [3.05, 3.63) is 33.6 Å². The lowest BCUT2D eigenvalue weighted by Crippen LogP contribution is -2.01. The molecular formula is C11H14FNO4. The average molecular weight is 243 g/mol. The number of methoxy groups -OCH3 is 1. The highest BCUT2D eigenvalue weighted by molar-refractivity contribution is 5.49. The molecule has 0 amide bonds. The maximum atomic E-state index is 13.5. The van der Waals surface area contributed by atoms with Gasteiger partial charge in [0.25, 0.3) is 0 Å². The second-order valence-corrected chi connectivity index (χ2v) is 3.43. The van der Waals surface area contributed by atoms with Gasteiger partial charge < -0.3 is 9.47 Å². The number of nitro benzene ring substituents is 1. The van der Waals surface area contributed by atoms with E-state index in [-0.39, 0.29) is 23.6 Å². The summed E-state index contributed by atoms with van der Waals surface area (Å²) in [7, 11) is 1.26. The highest BCUT2D eigenvalue weighted by Crippen LogP contribution is 2.29. The number of hydrogen-bond acceptors (Lipinski definition) is 4. The first-order valence-electron chi connectivity index (χ1n) is 5.18. The van der Waals surface area contributed by atoms with Gasteiger partial charge in [-0.3, -0.25) is 10.1 Å². The van der Waals surface area contributed by atoms with Crippen LogP contribution in [0.5, 0.6) is 5.75 Å². The van der Waals surface area contributed by atoms with Crippen LogP contribution in [0.3, 0.4) is 0 Å². The molecule has 1 aromatic carbocycles. The summed E-state index contributed by atoms with van der Waals surface area (Å²) in [4.78, 5) is 10.1. The van der Waals surface area contributed by atoms with Crippen LogP contribution >= 0.6 is 0 Å². The number of nitro groups is 1. The first kappa shape index (κ1) is 13.4. The summed E-state index contributed by atoms with van der Waals surface area (Å²) >= 11 is 0. The van der Waals surface area contributed by atoms with E-state index in [1.807, 2.05) is 6.92 Å². The summed E-state index contributed by atoms with van der Waals surface area (Å²) in [5.74, 6) is -0.657. The zero-order valence-corrected chi connectivity index (χ0v) is 9.73. The molecule has 0 aliphatic rings. The van der Waals surface area contributed by atoms with Crippen molar-refractivity contribution >= 4 is 5.69 Å². The van der Waals surface area contributed by atoms with E-state index >= 15 is 0 Å². The molecule has 5 nitrogen and oxygen atoms in total. The summed E-state index contributed by atoms with van der Waals surface area (Å²) in [6.45, 7) is 2.43. The molecule has 0 saturated heterocycles. The van der Waals surface area contributed by atoms with Crippen LogP contribution in [-0.2, 0) is 11.3 Å². The SMILES string of the molecule is CCCOCc1cc([N+](=O)[O-])c(OC)cc1F. The lowest BCUT2D eigenvalue weighted by molar-refractivity contribution is -0.385. The largest absolute Gasteiger partial charge is 0.490 e. The van der Waals surface area contributed by atoms with E-state index in [2.05, 4.69) is 0 Å². The van der Waals surface area contributed by atoms with Crippen LogP contribution < -0.4 is 4.74 Å². The van der Waals surface area contributed by atoms with Crippen molar-refractivity contribution in [2.24, 2.45) is 0 Å². The maximum Gasteiger partial charge on any atom is 0.311 e. The molecule has 1 rings (SSSR count). The molecule has 0 N–H and O–H groups in total. The number of ether oxygens (including phenoxy) is 2. The molecule has 17 heavy (non-hydrogen) atoms. The van der Waals surface area contributed by atoms with Crippen molar-refractivity contribution in [3.8, 4) is 5.75 Å². The molecule has 0 unspecified atom stereocenters. The summed E-state index contributed by atoms with van der Waals surface area (Å²) < 4.78 is 23.4. The topological polar surface area (TPSA) is 61.6 Å². The summed E-state index contributed by atoms with van der Waals surface area (Å²) in [5.41, 5.74) is -0.102. The Kier molecular flexibility index (Phi) is 4.84. The molecule has 0 saturated carbocycles. The average Bonchev–Trinajstić information content (AvgIpc) is 2.30. The van der Waals surface area contributed by atoms with Crippen LogP contribution in [0.4, 0.5) is 10.1 Å². The van der Waals surface area contributed by atoms with Gasteiger partial charge in [-0.15, -0.1) is 0 Å². The third kappa shape index (κ3) is 3.39. The van der Waals surface area contributed by atoms with Gasteiger partial charge in [-0.05, 0) is 6.42 Å². The van der Waals surface area contributed by atoms with E-state index in [4.69, 9.17) is 9.47 Å². The van der Waals surface area contributed by atoms with Crippen molar-refractivity contribution in [2.75, 3.05) is 13.7 Å². The molecule has 0 fully saturated rings. The predicted octanol–water partition coefficient (Wildman–Crippen LogP) is 2.67. The number of rotatable bonds is 6. The molecule has 94 valence electrons. The standard InChI is InChI=1S/C11H14FNO4/c1-3-4-17-7-8-5-10(13(14)15)11(16-2)6-9(8)12/h5-6H,3-4,7H2,1-2H3. The zero-order chi connectivity index (χ0) is 12.8. The van der Waals surface area contributed by atoms with Crippen molar-refractivity contribution in [1.29, 1.82) is 0 Å². The van der Waals surface area contributed by atoms with Gasteiger partial charge in [0.1, 0.15) is 5.82 Å². The van der Waals surface area contributed by atoms with E-state index in [0.29, 0.717) is 6.61 Å². The molecule has 0 heterocycles. The van der Waals surface area contributed by atoms with Crippen molar-refractivity contribution in [1.82, 2.24) is 0 Å². The first-order valence-corrected chi connectivity index (χ1v) is 5.18. The Morgan fingerprint density at radius 1 is 1.47 bits per heavy atom. The van der Waals surface area contributed by atoms with Crippen LogP contribution in [0.1, 0.15) is 18.9 Å². The van der Waals surface area contributed by atoms with Gasteiger partial charge in [-0.2, -0.15) is 0 Å². The zero-order valence-electron chi connectivity index (χ0n) is 9.73. The highest BCUT2D eigenvalue weighted by atomic mass is 19.1. The number of halogens is 1. The minimum Gasteiger partial charge on any atom is -0.490 e. The maximum absolute atomic E-state index is 13.5. The van der Waals surface area contributed by atoms with Crippen LogP contribution in [-0.4, -0.2) is 18.6 Å². The fraction of sp³-hybridized carbons (Fsp3) is 0.455. The normalized spacial score (nSPS) is 10.3. The van der Waals surface area contributed by atoms with Crippen molar-refractivity contribution in [2.45, 2.75) is 20.0 Å². The monoisotopic (exact) mass is 243 g/mol. The summed E-state index contributed by atoms with van der Waals surface area (Å²) in [6, 6.07) is 2.15. The first-order chi connectivity index (χ1) is 8.10. The van der Waals surface area contributed by atoms with Gasteiger partial charge in [-0.25, -0.2) is 4.39 Å². The number of nitrogens with zero attached hydrogens (tertiary/aromatic N) is 1. The third-order valence-corrected chi connectivity index (χ3v) is 2.15. The Morgan fingerprint density at radius 3 is 2.71 bits per heavy atom. The highest BCUT2D eigenvalue weighted by Gasteiger charge is 2.18. The molecule has 0 aromatic heterocycles. The van der Waals surface area contributed by atoms with Gasteiger partial charge in [0, 0.05) is 24.3 Å². The van der Waals surface area contributed by atoms with E-state index in [0.717, 1.165) is 18.6 Å². The molecular weight excluding hydrogens is 229 g/mol. The minimum absolute atomic E-state index is 0.0184. The van der Waals surface area contributed by atoms with Gasteiger partial charge in [0.2, 0.25) is 0 Å². The van der Waals surface area contributed by atoms with Gasteiger partial charge in [0.05, 0.1) is 18.6 Å². The van der Waals surface area contributed by atoms with Crippen LogP contribution in [0.15, 0.2) is 12.1 Å². The molecule has 1 aromatic rings. The Labute approximate surface area is 98.3 Å². The third-order valence-electron chi connectivity index (χ3n) is 2.15. The van der Waals surface area contributed by atoms with Gasteiger partial charge >= 0.3 is 5.69 Å².